The zero-order valence-electron chi connectivity index (χ0n) is 15.4. The molecule has 1 unspecified atom stereocenters. The van der Waals surface area contributed by atoms with Crippen LogP contribution < -0.4 is 0 Å². The van der Waals surface area contributed by atoms with Crippen LogP contribution in [0.4, 0.5) is 0 Å². The summed E-state index contributed by atoms with van der Waals surface area (Å²) in [6.45, 7) is 13.6. The summed E-state index contributed by atoms with van der Waals surface area (Å²) < 4.78 is 6.12. The zero-order valence-corrected chi connectivity index (χ0v) is 17.0. The molecule has 0 aliphatic carbocycles. The minimum absolute atomic E-state index is 0.00955. The van der Waals surface area contributed by atoms with Crippen LogP contribution in [0.3, 0.4) is 0 Å². The molecule has 0 saturated heterocycles. The molecule has 0 fully saturated rings. The van der Waals surface area contributed by atoms with Crippen molar-refractivity contribution in [2.75, 3.05) is 0 Å². The van der Waals surface area contributed by atoms with Gasteiger partial charge in [0.05, 0.1) is 5.60 Å². The number of thiophene rings is 1. The van der Waals surface area contributed by atoms with Crippen LogP contribution >= 0.6 is 22.9 Å². The van der Waals surface area contributed by atoms with Crippen LogP contribution in [0.1, 0.15) is 54.7 Å². The molecule has 4 heteroatoms. The van der Waals surface area contributed by atoms with Gasteiger partial charge in [0.2, 0.25) is 0 Å². The van der Waals surface area contributed by atoms with Gasteiger partial charge in [-0.3, -0.25) is 4.79 Å². The summed E-state index contributed by atoms with van der Waals surface area (Å²) >= 11 is 8.20. The summed E-state index contributed by atoms with van der Waals surface area (Å²) in [6.07, 6.45) is -0.581. The first-order chi connectivity index (χ1) is 11.0. The molecule has 1 atom stereocenters. The third-order valence-corrected chi connectivity index (χ3v) is 5.15. The second-order valence-electron chi connectivity index (χ2n) is 7.21. The second-order valence-corrected chi connectivity index (χ2v) is 9.04. The lowest BCUT2D eigenvalue weighted by atomic mass is 9.94. The van der Waals surface area contributed by atoms with E-state index in [9.17, 15) is 4.79 Å². The predicted octanol–water partition coefficient (Wildman–Crippen LogP) is 6.44. The van der Waals surface area contributed by atoms with Crippen molar-refractivity contribution < 1.29 is 9.53 Å². The van der Waals surface area contributed by atoms with Crippen molar-refractivity contribution in [3.8, 4) is 11.1 Å². The standard InChI is InChI=1S/C20H25ClO2S/c1-11-8-9-15(16(21)10-11)17-13(3)24-14(4)18(17)19(12(2)22)23-20(5,6)7/h8-10,19H,1-7H3. The molecule has 24 heavy (non-hydrogen) atoms. The number of carbonyl (C=O) groups excluding carboxylic acids is 1. The van der Waals surface area contributed by atoms with E-state index in [-0.39, 0.29) is 5.78 Å². The van der Waals surface area contributed by atoms with E-state index < -0.39 is 11.7 Å². The van der Waals surface area contributed by atoms with Crippen LogP contribution in [0.2, 0.25) is 5.02 Å². The molecule has 0 saturated carbocycles. The summed E-state index contributed by atoms with van der Waals surface area (Å²) in [5, 5.41) is 0.704. The molecule has 2 rings (SSSR count). The molecule has 0 aliphatic heterocycles. The van der Waals surface area contributed by atoms with Gasteiger partial charge < -0.3 is 4.74 Å². The third kappa shape index (κ3) is 4.08. The maximum absolute atomic E-state index is 12.4. The molecule has 0 amide bonds. The van der Waals surface area contributed by atoms with Crippen LogP contribution in [-0.2, 0) is 9.53 Å². The fourth-order valence-corrected chi connectivity index (χ4v) is 4.30. The Bertz CT molecular complexity index is 769. The maximum atomic E-state index is 12.4. The minimum Gasteiger partial charge on any atom is -0.360 e. The largest absolute Gasteiger partial charge is 0.360 e. The molecule has 1 heterocycles. The quantitative estimate of drug-likeness (QED) is 0.624. The van der Waals surface area contributed by atoms with Crippen LogP contribution in [0, 0.1) is 20.8 Å². The fourth-order valence-electron chi connectivity index (χ4n) is 2.87. The number of hydrogen-bond acceptors (Lipinski definition) is 3. The zero-order chi connectivity index (χ0) is 18.2. The van der Waals surface area contributed by atoms with E-state index in [0.717, 1.165) is 32.0 Å². The van der Waals surface area contributed by atoms with E-state index in [4.69, 9.17) is 16.3 Å². The summed E-state index contributed by atoms with van der Waals surface area (Å²) in [4.78, 5) is 14.6. The number of Topliss-reactive ketones (excluding diaryl/α,β-unsaturated/α-hetero) is 1. The highest BCUT2D eigenvalue weighted by Crippen LogP contribution is 2.44. The average molecular weight is 365 g/mol. The van der Waals surface area contributed by atoms with Gasteiger partial charge in [-0.15, -0.1) is 11.3 Å². The number of carbonyl (C=O) groups is 1. The summed E-state index contributed by atoms with van der Waals surface area (Å²) in [5.74, 6) is 0.00955. The van der Waals surface area contributed by atoms with Crippen LogP contribution in [0.15, 0.2) is 18.2 Å². The van der Waals surface area contributed by atoms with Crippen LogP contribution in [0.5, 0.6) is 0 Å². The number of halogens is 1. The Morgan fingerprint density at radius 1 is 1.17 bits per heavy atom. The van der Waals surface area contributed by atoms with Crippen molar-refractivity contribution in [3.05, 3.63) is 44.1 Å². The topological polar surface area (TPSA) is 26.3 Å². The predicted molar refractivity (Wildman–Crippen MR) is 103 cm³/mol. The molecule has 1 aromatic carbocycles. The molecule has 0 bridgehead atoms. The Kier molecular flexibility index (Phi) is 5.58. The molecule has 0 N–H and O–H groups in total. The van der Waals surface area contributed by atoms with E-state index in [0.29, 0.717) is 5.02 Å². The summed E-state index contributed by atoms with van der Waals surface area (Å²) in [6, 6.07) is 6.04. The Labute approximate surface area is 153 Å². The monoisotopic (exact) mass is 364 g/mol. The van der Waals surface area contributed by atoms with Crippen molar-refractivity contribution in [1.29, 1.82) is 0 Å². The van der Waals surface area contributed by atoms with Gasteiger partial charge in [0.25, 0.3) is 0 Å². The van der Waals surface area contributed by atoms with Gasteiger partial charge in [0.1, 0.15) is 6.10 Å². The van der Waals surface area contributed by atoms with Gasteiger partial charge in [-0.2, -0.15) is 0 Å². The minimum atomic E-state index is -0.581. The van der Waals surface area contributed by atoms with E-state index in [1.54, 1.807) is 18.3 Å². The summed E-state index contributed by atoms with van der Waals surface area (Å²) in [5.41, 5.74) is 3.65. The molecule has 130 valence electrons. The van der Waals surface area contributed by atoms with Crippen LogP contribution in [-0.4, -0.2) is 11.4 Å². The Morgan fingerprint density at radius 3 is 2.29 bits per heavy atom. The first-order valence-electron chi connectivity index (χ1n) is 8.06. The smallest absolute Gasteiger partial charge is 0.163 e. The van der Waals surface area contributed by atoms with Gasteiger partial charge in [-0.25, -0.2) is 0 Å². The van der Waals surface area contributed by atoms with Crippen LogP contribution in [0.25, 0.3) is 11.1 Å². The molecular formula is C20H25ClO2S. The van der Waals surface area contributed by atoms with Crippen molar-refractivity contribution in [2.24, 2.45) is 0 Å². The lowest BCUT2D eigenvalue weighted by molar-refractivity contribution is -0.138. The number of aryl methyl sites for hydroxylation is 3. The van der Waals surface area contributed by atoms with Gasteiger partial charge in [0.15, 0.2) is 5.78 Å². The third-order valence-electron chi connectivity index (χ3n) is 3.80. The fraction of sp³-hybridized carbons (Fsp3) is 0.450. The lowest BCUT2D eigenvalue weighted by Crippen LogP contribution is -2.26. The SMILES string of the molecule is CC(=O)C(OC(C)(C)C)c1c(C)sc(C)c1-c1ccc(C)cc1Cl. The van der Waals surface area contributed by atoms with Gasteiger partial charge in [0, 0.05) is 31.5 Å². The number of benzene rings is 1. The Hall–Kier alpha value is -1.16. The average Bonchev–Trinajstić information content (AvgIpc) is 2.69. The molecule has 0 radical (unpaired) electrons. The van der Waals surface area contributed by atoms with Crippen molar-refractivity contribution in [2.45, 2.75) is 60.2 Å². The lowest BCUT2D eigenvalue weighted by Gasteiger charge is -2.27. The van der Waals surface area contributed by atoms with Gasteiger partial charge >= 0.3 is 0 Å². The molecule has 1 aromatic heterocycles. The van der Waals surface area contributed by atoms with Crippen molar-refractivity contribution in [3.63, 3.8) is 0 Å². The molecule has 2 aromatic rings. The van der Waals surface area contributed by atoms with Crippen molar-refractivity contribution in [1.82, 2.24) is 0 Å². The molecule has 0 spiro atoms. The van der Waals surface area contributed by atoms with E-state index in [1.165, 1.54) is 0 Å². The Balaban J connectivity index is 2.68. The van der Waals surface area contributed by atoms with Crippen molar-refractivity contribution >= 4 is 28.7 Å². The maximum Gasteiger partial charge on any atom is 0.163 e. The number of ether oxygens (including phenoxy) is 1. The van der Waals surface area contributed by atoms with E-state index >= 15 is 0 Å². The molecule has 2 nitrogen and oxygen atoms in total. The second kappa shape index (κ2) is 6.99. The van der Waals surface area contributed by atoms with E-state index in [2.05, 4.69) is 6.92 Å². The molecular weight excluding hydrogens is 340 g/mol. The number of hydrogen-bond donors (Lipinski definition) is 0. The van der Waals surface area contributed by atoms with E-state index in [1.807, 2.05) is 52.8 Å². The van der Waals surface area contributed by atoms with Gasteiger partial charge in [-0.05, 0) is 60.1 Å². The first-order valence-corrected chi connectivity index (χ1v) is 9.25. The highest BCUT2D eigenvalue weighted by Gasteiger charge is 2.31. The summed E-state index contributed by atoms with van der Waals surface area (Å²) in [7, 11) is 0. The molecule has 0 aliphatic rings. The van der Waals surface area contributed by atoms with Gasteiger partial charge in [-0.1, -0.05) is 23.7 Å². The highest BCUT2D eigenvalue weighted by molar-refractivity contribution is 7.12. The number of ketones is 1. The highest BCUT2D eigenvalue weighted by atomic mass is 35.5. The first kappa shape index (κ1) is 19.2. The number of rotatable bonds is 4. The normalized spacial score (nSPS) is 13.2. The Morgan fingerprint density at radius 2 is 1.79 bits per heavy atom.